The van der Waals surface area contributed by atoms with Gasteiger partial charge in [0.05, 0.1) is 10.6 Å². The quantitative estimate of drug-likeness (QED) is 0.620. The van der Waals surface area contributed by atoms with Crippen molar-refractivity contribution in [2.75, 3.05) is 5.32 Å². The molecule has 8 nitrogen and oxygen atoms in total. The molecule has 24 heavy (non-hydrogen) atoms. The van der Waals surface area contributed by atoms with Crippen LogP contribution in [0.1, 0.15) is 15.9 Å². The molecule has 0 radical (unpaired) electrons. The van der Waals surface area contributed by atoms with Crippen LogP contribution in [0.5, 0.6) is 0 Å². The average molecular weight is 389 g/mol. The van der Waals surface area contributed by atoms with E-state index < -0.39 is 16.7 Å². The summed E-state index contributed by atoms with van der Waals surface area (Å²) in [6.45, 7) is 0. The Kier molecular flexibility index (Phi) is 4.09. The Morgan fingerprint density at radius 3 is 2.58 bits per heavy atom. The Morgan fingerprint density at radius 2 is 1.92 bits per heavy atom. The fraction of sp³-hybridized carbons (Fsp3) is 0. The zero-order valence-electron chi connectivity index (χ0n) is 11.9. The summed E-state index contributed by atoms with van der Waals surface area (Å²) in [5.41, 5.74) is 3.61. The number of nitro benzene ring substituents is 1. The van der Waals surface area contributed by atoms with Gasteiger partial charge in [0.1, 0.15) is 0 Å². The molecule has 0 saturated heterocycles. The number of carbonyl (C=O) groups is 2. The number of non-ortho nitro benzene ring substituents is 1. The Hall–Kier alpha value is -3.07. The third kappa shape index (κ3) is 3.01. The molecule has 0 unspecified atom stereocenters. The molecule has 2 aromatic rings. The highest BCUT2D eigenvalue weighted by Gasteiger charge is 2.26. The van der Waals surface area contributed by atoms with Gasteiger partial charge in [0.25, 0.3) is 17.5 Å². The molecule has 0 fully saturated rings. The number of hydrazone groups is 1. The Morgan fingerprint density at radius 1 is 1.21 bits per heavy atom. The first-order valence-corrected chi connectivity index (χ1v) is 7.49. The first-order chi connectivity index (χ1) is 11.5. The van der Waals surface area contributed by atoms with Crippen molar-refractivity contribution >= 4 is 44.8 Å². The van der Waals surface area contributed by atoms with Crippen LogP contribution < -0.4 is 10.7 Å². The van der Waals surface area contributed by atoms with Gasteiger partial charge < -0.3 is 5.32 Å². The van der Waals surface area contributed by atoms with E-state index in [2.05, 4.69) is 31.8 Å². The van der Waals surface area contributed by atoms with Gasteiger partial charge in [-0.1, -0.05) is 15.9 Å². The summed E-state index contributed by atoms with van der Waals surface area (Å²) in [6.07, 6.45) is 0. The summed E-state index contributed by atoms with van der Waals surface area (Å²) in [5.74, 6) is -0.999. The maximum absolute atomic E-state index is 12.0. The molecule has 0 saturated carbocycles. The molecule has 2 aromatic carbocycles. The predicted molar refractivity (Wildman–Crippen MR) is 89.9 cm³/mol. The van der Waals surface area contributed by atoms with E-state index >= 15 is 0 Å². The maximum atomic E-state index is 12.0. The largest absolute Gasteiger partial charge is 0.320 e. The zero-order valence-corrected chi connectivity index (χ0v) is 13.5. The summed E-state index contributed by atoms with van der Waals surface area (Å²) in [4.78, 5) is 34.0. The molecule has 3 rings (SSSR count). The number of nitro groups is 1. The van der Waals surface area contributed by atoms with Crippen molar-refractivity contribution < 1.29 is 14.5 Å². The molecular formula is C15H9BrN4O4. The second-order valence-corrected chi connectivity index (χ2v) is 5.77. The molecule has 0 bridgehead atoms. The second-order valence-electron chi connectivity index (χ2n) is 4.85. The van der Waals surface area contributed by atoms with Crippen LogP contribution in [0.25, 0.3) is 0 Å². The smallest absolute Gasteiger partial charge is 0.276 e. The number of halogens is 1. The lowest BCUT2D eigenvalue weighted by atomic mass is 10.1. The zero-order chi connectivity index (χ0) is 17.3. The summed E-state index contributed by atoms with van der Waals surface area (Å²) in [5, 5.41) is 17.1. The van der Waals surface area contributed by atoms with Crippen LogP contribution in [0.15, 0.2) is 52.0 Å². The number of benzene rings is 2. The molecular weight excluding hydrogens is 380 g/mol. The van der Waals surface area contributed by atoms with Crippen molar-refractivity contribution in [2.24, 2.45) is 5.10 Å². The lowest BCUT2D eigenvalue weighted by Gasteiger charge is -2.01. The van der Waals surface area contributed by atoms with Crippen molar-refractivity contribution in [1.82, 2.24) is 5.43 Å². The predicted octanol–water partition coefficient (Wildman–Crippen LogP) is 2.44. The van der Waals surface area contributed by atoms with Crippen LogP contribution in [0.4, 0.5) is 11.4 Å². The summed E-state index contributed by atoms with van der Waals surface area (Å²) >= 11 is 3.31. The van der Waals surface area contributed by atoms with Gasteiger partial charge in [0.15, 0.2) is 5.71 Å². The molecule has 1 aliphatic heterocycles. The third-order valence-electron chi connectivity index (χ3n) is 3.31. The SMILES string of the molecule is O=C1Nc2ccc(Br)cc2/C1=N\NC(=O)c1ccc([N+](=O)[O-])cc1. The van der Waals surface area contributed by atoms with E-state index in [0.717, 1.165) is 4.47 Å². The van der Waals surface area contributed by atoms with Gasteiger partial charge in [-0.15, -0.1) is 0 Å². The summed E-state index contributed by atoms with van der Waals surface area (Å²) in [7, 11) is 0. The molecule has 1 aliphatic rings. The number of nitrogens with one attached hydrogen (secondary N) is 2. The number of hydrogen-bond donors (Lipinski definition) is 2. The van der Waals surface area contributed by atoms with Crippen molar-refractivity contribution in [3.63, 3.8) is 0 Å². The molecule has 0 atom stereocenters. The van der Waals surface area contributed by atoms with Crippen LogP contribution in [0.3, 0.4) is 0 Å². The number of fused-ring (bicyclic) bond motifs is 1. The van der Waals surface area contributed by atoms with Gasteiger partial charge in [-0.25, -0.2) is 5.43 Å². The van der Waals surface area contributed by atoms with E-state index in [1.165, 1.54) is 24.3 Å². The molecule has 0 spiro atoms. The van der Waals surface area contributed by atoms with E-state index in [4.69, 9.17) is 0 Å². The van der Waals surface area contributed by atoms with E-state index in [1.54, 1.807) is 18.2 Å². The molecule has 0 aliphatic carbocycles. The first kappa shape index (κ1) is 15.8. The number of rotatable bonds is 3. The van der Waals surface area contributed by atoms with Crippen molar-refractivity contribution in [1.29, 1.82) is 0 Å². The third-order valence-corrected chi connectivity index (χ3v) is 3.80. The number of amides is 2. The Bertz CT molecular complexity index is 893. The van der Waals surface area contributed by atoms with E-state index in [9.17, 15) is 19.7 Å². The van der Waals surface area contributed by atoms with Crippen molar-refractivity contribution in [3.8, 4) is 0 Å². The number of carbonyl (C=O) groups excluding carboxylic acids is 2. The van der Waals surface area contributed by atoms with E-state index in [0.29, 0.717) is 11.3 Å². The lowest BCUT2D eigenvalue weighted by molar-refractivity contribution is -0.384. The van der Waals surface area contributed by atoms with E-state index in [-0.39, 0.29) is 17.0 Å². The van der Waals surface area contributed by atoms with Gasteiger partial charge in [0, 0.05) is 27.7 Å². The second kappa shape index (κ2) is 6.20. The van der Waals surface area contributed by atoms with Crippen molar-refractivity contribution in [2.45, 2.75) is 0 Å². The van der Waals surface area contributed by atoms with Gasteiger partial charge >= 0.3 is 0 Å². The van der Waals surface area contributed by atoms with Gasteiger partial charge in [-0.2, -0.15) is 5.10 Å². The first-order valence-electron chi connectivity index (χ1n) is 6.69. The van der Waals surface area contributed by atoms with Crippen LogP contribution in [0.2, 0.25) is 0 Å². The minimum Gasteiger partial charge on any atom is -0.320 e. The van der Waals surface area contributed by atoms with Crippen LogP contribution in [-0.4, -0.2) is 22.4 Å². The maximum Gasteiger partial charge on any atom is 0.276 e. The molecule has 2 N–H and O–H groups in total. The van der Waals surface area contributed by atoms with Gasteiger partial charge in [0.2, 0.25) is 0 Å². The minimum absolute atomic E-state index is 0.0848. The fourth-order valence-corrected chi connectivity index (χ4v) is 2.50. The van der Waals surface area contributed by atoms with Crippen LogP contribution in [-0.2, 0) is 4.79 Å². The summed E-state index contributed by atoms with van der Waals surface area (Å²) < 4.78 is 0.771. The van der Waals surface area contributed by atoms with Crippen LogP contribution >= 0.6 is 15.9 Å². The van der Waals surface area contributed by atoms with Crippen LogP contribution in [0, 0.1) is 10.1 Å². The van der Waals surface area contributed by atoms with Crippen molar-refractivity contribution in [3.05, 3.63) is 68.2 Å². The monoisotopic (exact) mass is 388 g/mol. The highest BCUT2D eigenvalue weighted by Crippen LogP contribution is 2.26. The number of hydrogen-bond acceptors (Lipinski definition) is 5. The topological polar surface area (TPSA) is 114 Å². The fourth-order valence-electron chi connectivity index (χ4n) is 2.14. The molecule has 9 heteroatoms. The molecule has 0 aromatic heterocycles. The molecule has 120 valence electrons. The highest BCUT2D eigenvalue weighted by atomic mass is 79.9. The Labute approximate surface area is 143 Å². The van der Waals surface area contributed by atoms with Gasteiger partial charge in [-0.05, 0) is 30.3 Å². The number of anilines is 1. The average Bonchev–Trinajstić information content (AvgIpc) is 2.87. The minimum atomic E-state index is -0.575. The van der Waals surface area contributed by atoms with E-state index in [1.807, 2.05) is 0 Å². The Balaban J connectivity index is 1.81. The normalized spacial score (nSPS) is 14.2. The van der Waals surface area contributed by atoms with Gasteiger partial charge in [-0.3, -0.25) is 19.7 Å². The number of nitrogens with zero attached hydrogens (tertiary/aromatic N) is 2. The lowest BCUT2D eigenvalue weighted by Crippen LogP contribution is -2.23. The summed E-state index contributed by atoms with van der Waals surface area (Å²) in [6, 6.07) is 10.3. The molecule has 1 heterocycles. The highest BCUT2D eigenvalue weighted by molar-refractivity contribution is 9.10. The standard InChI is InChI=1S/C15H9BrN4O4/c16-9-3-6-12-11(7-9)13(15(22)17-12)18-19-14(21)8-1-4-10(5-2-8)20(23)24/h1-7H,(H,19,21)(H,17,18,22). The molecule has 2 amide bonds.